The summed E-state index contributed by atoms with van der Waals surface area (Å²) in [7, 11) is 0. The van der Waals surface area contributed by atoms with Crippen LogP contribution in [0, 0.1) is 10.1 Å². The summed E-state index contributed by atoms with van der Waals surface area (Å²) >= 11 is 5.51. The van der Waals surface area contributed by atoms with Gasteiger partial charge in [-0.2, -0.15) is 8.78 Å². The third-order valence-electron chi connectivity index (χ3n) is 1.87. The van der Waals surface area contributed by atoms with Gasteiger partial charge in [0.05, 0.1) is 11.5 Å². The molecule has 0 aromatic heterocycles. The number of hydrogen-bond acceptors (Lipinski definition) is 5. The summed E-state index contributed by atoms with van der Waals surface area (Å²) in [4.78, 5) is 20.6. The largest absolute Gasteiger partial charge is 0.502 e. The zero-order chi connectivity index (χ0) is 14.6. The van der Waals surface area contributed by atoms with Crippen LogP contribution in [-0.2, 0) is 9.53 Å². The van der Waals surface area contributed by atoms with Gasteiger partial charge in [0.15, 0.2) is 0 Å². The van der Waals surface area contributed by atoms with Crippen molar-refractivity contribution in [3.05, 3.63) is 33.3 Å². The number of nitro benzene ring substituents is 1. The van der Waals surface area contributed by atoms with Gasteiger partial charge in [0.1, 0.15) is 0 Å². The first kappa shape index (κ1) is 15.1. The molecule has 0 heterocycles. The minimum Gasteiger partial charge on any atom is -0.459 e. The van der Waals surface area contributed by atoms with Crippen molar-refractivity contribution in [3.63, 3.8) is 0 Å². The smallest absolute Gasteiger partial charge is 0.459 e. The average Bonchev–Trinajstić information content (AvgIpc) is 2.31. The van der Waals surface area contributed by atoms with E-state index in [2.05, 4.69) is 9.47 Å². The number of benzene rings is 1. The molecule has 9 heteroatoms. The molecule has 6 nitrogen and oxygen atoms in total. The summed E-state index contributed by atoms with van der Waals surface area (Å²) in [6.45, 7) is 1.05. The molecular formula is C10H8ClF2NO5. The van der Waals surface area contributed by atoms with E-state index in [4.69, 9.17) is 11.6 Å². The Morgan fingerprint density at radius 3 is 2.68 bits per heavy atom. The van der Waals surface area contributed by atoms with Crippen LogP contribution in [0.2, 0.25) is 5.02 Å². The molecule has 0 aliphatic rings. The van der Waals surface area contributed by atoms with Crippen molar-refractivity contribution >= 4 is 23.3 Å². The maximum atomic E-state index is 13.3. The van der Waals surface area contributed by atoms with E-state index in [0.29, 0.717) is 0 Å². The topological polar surface area (TPSA) is 78.7 Å². The van der Waals surface area contributed by atoms with Crippen LogP contribution in [0.25, 0.3) is 0 Å². The lowest BCUT2D eigenvalue weighted by Gasteiger charge is -2.15. The van der Waals surface area contributed by atoms with E-state index in [1.807, 2.05) is 0 Å². The fourth-order valence-corrected chi connectivity index (χ4v) is 1.28. The van der Waals surface area contributed by atoms with Gasteiger partial charge in [-0.1, -0.05) is 11.6 Å². The molecule has 0 amide bonds. The molecule has 1 aromatic rings. The Morgan fingerprint density at radius 1 is 1.53 bits per heavy atom. The number of hydrogen-bond donors (Lipinski definition) is 0. The number of ether oxygens (including phenoxy) is 2. The van der Waals surface area contributed by atoms with E-state index in [9.17, 15) is 23.7 Å². The highest BCUT2D eigenvalue weighted by atomic mass is 35.5. The third-order valence-corrected chi connectivity index (χ3v) is 2.10. The van der Waals surface area contributed by atoms with Crippen molar-refractivity contribution in [1.29, 1.82) is 0 Å². The van der Waals surface area contributed by atoms with Gasteiger partial charge in [0, 0.05) is 11.1 Å². The number of nitro groups is 1. The van der Waals surface area contributed by atoms with E-state index in [-0.39, 0.29) is 11.6 Å². The molecule has 1 aromatic carbocycles. The second kappa shape index (κ2) is 5.79. The van der Waals surface area contributed by atoms with Gasteiger partial charge in [0.25, 0.3) is 0 Å². The van der Waals surface area contributed by atoms with Crippen LogP contribution in [0.3, 0.4) is 0 Å². The van der Waals surface area contributed by atoms with E-state index in [1.165, 1.54) is 6.92 Å². The molecule has 0 fully saturated rings. The summed E-state index contributed by atoms with van der Waals surface area (Å²) in [6, 6.07) is 2.82. The number of carbonyl (C=O) groups excluding carboxylic acids is 1. The summed E-state index contributed by atoms with van der Waals surface area (Å²) in [6.07, 6.45) is -4.32. The number of esters is 1. The first-order chi connectivity index (χ1) is 8.77. The molecule has 0 aliphatic heterocycles. The maximum Gasteiger partial charge on any atom is 0.502 e. The van der Waals surface area contributed by atoms with Gasteiger partial charge in [-0.15, -0.1) is 0 Å². The molecule has 0 spiro atoms. The van der Waals surface area contributed by atoms with Gasteiger partial charge >= 0.3 is 17.8 Å². The second-order valence-corrected chi connectivity index (χ2v) is 3.64. The lowest BCUT2D eigenvalue weighted by Crippen LogP contribution is -2.37. The van der Waals surface area contributed by atoms with Crippen LogP contribution in [0.1, 0.15) is 6.92 Å². The summed E-state index contributed by atoms with van der Waals surface area (Å²) in [5.74, 6) is -2.72. The van der Waals surface area contributed by atoms with Gasteiger partial charge in [-0.3, -0.25) is 10.1 Å². The third kappa shape index (κ3) is 3.75. The van der Waals surface area contributed by atoms with Crippen molar-refractivity contribution in [2.75, 3.05) is 6.61 Å². The summed E-state index contributed by atoms with van der Waals surface area (Å²) < 4.78 is 34.7. The Hall–Kier alpha value is -1.96. The van der Waals surface area contributed by atoms with Gasteiger partial charge in [-0.05, 0) is 19.1 Å². The SMILES string of the molecule is CCOC(=O)C(F)(F)Oc1ccc(Cl)cc1[N+](=O)[O-]. The number of rotatable bonds is 5. The normalized spacial score (nSPS) is 10.9. The first-order valence-corrected chi connectivity index (χ1v) is 5.33. The predicted molar refractivity (Wildman–Crippen MR) is 60.3 cm³/mol. The second-order valence-electron chi connectivity index (χ2n) is 3.21. The minimum absolute atomic E-state index is 0.0292. The molecule has 0 saturated carbocycles. The van der Waals surface area contributed by atoms with E-state index in [0.717, 1.165) is 18.2 Å². The highest BCUT2D eigenvalue weighted by Crippen LogP contribution is 2.33. The summed E-state index contributed by atoms with van der Waals surface area (Å²) in [5, 5.41) is 10.6. The Labute approximate surface area is 111 Å². The van der Waals surface area contributed by atoms with E-state index in [1.54, 1.807) is 0 Å². The molecule has 0 atom stereocenters. The van der Waals surface area contributed by atoms with Crippen molar-refractivity contribution in [2.24, 2.45) is 0 Å². The first-order valence-electron chi connectivity index (χ1n) is 4.96. The molecule has 0 unspecified atom stereocenters. The Kier molecular flexibility index (Phi) is 4.60. The van der Waals surface area contributed by atoms with Gasteiger partial charge in [-0.25, -0.2) is 4.79 Å². The molecule has 104 valence electrons. The molecule has 0 bridgehead atoms. The average molecular weight is 296 g/mol. The Bertz CT molecular complexity index is 509. The van der Waals surface area contributed by atoms with E-state index >= 15 is 0 Å². The Morgan fingerprint density at radius 2 is 2.16 bits per heavy atom. The summed E-state index contributed by atoms with van der Waals surface area (Å²) in [5.41, 5.74) is -0.781. The Balaban J connectivity index is 3.05. The highest BCUT2D eigenvalue weighted by molar-refractivity contribution is 6.30. The number of alkyl halides is 2. The monoisotopic (exact) mass is 295 g/mol. The molecular weight excluding hydrogens is 288 g/mol. The van der Waals surface area contributed by atoms with Crippen molar-refractivity contribution < 1.29 is 28.0 Å². The lowest BCUT2D eigenvalue weighted by atomic mass is 10.3. The fraction of sp³-hybridized carbons (Fsp3) is 0.300. The van der Waals surface area contributed by atoms with Crippen LogP contribution >= 0.6 is 11.6 Å². The molecule has 0 radical (unpaired) electrons. The molecule has 0 aliphatic carbocycles. The lowest BCUT2D eigenvalue weighted by molar-refractivity contribution is -0.387. The van der Waals surface area contributed by atoms with Crippen LogP contribution in [0.15, 0.2) is 18.2 Å². The quantitative estimate of drug-likeness (QED) is 0.474. The predicted octanol–water partition coefficient (Wildman–Crippen LogP) is 2.78. The molecule has 0 N–H and O–H groups in total. The zero-order valence-corrected chi connectivity index (χ0v) is 10.3. The van der Waals surface area contributed by atoms with E-state index < -0.39 is 28.4 Å². The van der Waals surface area contributed by atoms with Crippen LogP contribution in [-0.4, -0.2) is 23.6 Å². The standard InChI is InChI=1S/C10H8ClF2NO5/c1-2-18-9(15)10(12,13)19-8-4-3-6(11)5-7(8)14(16)17/h3-5H,2H2,1H3. The number of carbonyl (C=O) groups is 1. The van der Waals surface area contributed by atoms with Crippen LogP contribution < -0.4 is 4.74 Å². The van der Waals surface area contributed by atoms with Crippen LogP contribution in [0.5, 0.6) is 5.75 Å². The van der Waals surface area contributed by atoms with Crippen molar-refractivity contribution in [2.45, 2.75) is 13.0 Å². The minimum atomic E-state index is -4.32. The fourth-order valence-electron chi connectivity index (χ4n) is 1.11. The maximum absolute atomic E-state index is 13.3. The van der Waals surface area contributed by atoms with Crippen molar-refractivity contribution in [3.8, 4) is 5.75 Å². The van der Waals surface area contributed by atoms with Crippen LogP contribution in [0.4, 0.5) is 14.5 Å². The molecule has 0 saturated heterocycles. The number of nitrogens with zero attached hydrogens (tertiary/aromatic N) is 1. The van der Waals surface area contributed by atoms with Gasteiger partial charge in [0.2, 0.25) is 5.75 Å². The highest BCUT2D eigenvalue weighted by Gasteiger charge is 2.45. The molecule has 1 rings (SSSR count). The zero-order valence-electron chi connectivity index (χ0n) is 9.56. The number of halogens is 3. The van der Waals surface area contributed by atoms with Crippen molar-refractivity contribution in [1.82, 2.24) is 0 Å². The van der Waals surface area contributed by atoms with Gasteiger partial charge < -0.3 is 9.47 Å². The molecule has 19 heavy (non-hydrogen) atoms.